The van der Waals surface area contributed by atoms with Gasteiger partial charge >= 0.3 is 0 Å². The van der Waals surface area contributed by atoms with E-state index in [9.17, 15) is 17.6 Å². The molecule has 7 nitrogen and oxygen atoms in total. The van der Waals surface area contributed by atoms with Crippen LogP contribution in [0.1, 0.15) is 51.8 Å². The zero-order valence-electron chi connectivity index (χ0n) is 18.4. The molecule has 10 heteroatoms. The van der Waals surface area contributed by atoms with Gasteiger partial charge in [0.15, 0.2) is 0 Å². The van der Waals surface area contributed by atoms with Crippen molar-refractivity contribution >= 4 is 38.2 Å². The summed E-state index contributed by atoms with van der Waals surface area (Å²) in [6.07, 6.45) is 7.74. The predicted octanol–water partition coefficient (Wildman–Crippen LogP) is 3.80. The fourth-order valence-electron chi connectivity index (χ4n) is 4.52. The summed E-state index contributed by atoms with van der Waals surface area (Å²) in [5.74, 6) is 0.768. The number of rotatable bonds is 8. The van der Waals surface area contributed by atoms with Crippen molar-refractivity contribution in [3.05, 3.63) is 34.1 Å². The Hall–Kier alpha value is -1.65. The number of fused-ring (bicyclic) bond motifs is 1. The molecule has 1 aliphatic carbocycles. The number of aromatic amines is 1. The lowest BCUT2D eigenvalue weighted by Gasteiger charge is -2.31. The molecule has 0 unspecified atom stereocenters. The number of H-pyrrole nitrogens is 1. The first-order valence-corrected chi connectivity index (χ1v) is 14.4. The summed E-state index contributed by atoms with van der Waals surface area (Å²) in [6.45, 7) is 2.32. The van der Waals surface area contributed by atoms with E-state index < -0.39 is 21.2 Å². The van der Waals surface area contributed by atoms with E-state index >= 15 is 0 Å². The SMILES string of the molecule is C.CS(=O)(=O)CCN1CCC(SCc2nc3cc(NC4CCCC4)cc(F)c3c(=O)[nH]2)CC1. The van der Waals surface area contributed by atoms with Gasteiger partial charge in [0, 0.05) is 29.8 Å². The Labute approximate surface area is 199 Å². The summed E-state index contributed by atoms with van der Waals surface area (Å²) >= 11 is 1.74. The number of sulfone groups is 1. The van der Waals surface area contributed by atoms with Gasteiger partial charge in [0.05, 0.1) is 17.0 Å². The van der Waals surface area contributed by atoms with E-state index in [1.807, 2.05) is 0 Å². The second kappa shape index (κ2) is 11.2. The first-order chi connectivity index (χ1) is 15.3. The Morgan fingerprint density at radius 1 is 1.21 bits per heavy atom. The highest BCUT2D eigenvalue weighted by Gasteiger charge is 2.21. The maximum Gasteiger partial charge on any atom is 0.261 e. The zero-order valence-corrected chi connectivity index (χ0v) is 20.0. The maximum absolute atomic E-state index is 14.6. The molecule has 1 aromatic carbocycles. The van der Waals surface area contributed by atoms with Crippen LogP contribution < -0.4 is 10.9 Å². The largest absolute Gasteiger partial charge is 0.382 e. The lowest BCUT2D eigenvalue weighted by Crippen LogP contribution is -2.37. The van der Waals surface area contributed by atoms with Gasteiger partial charge in [0.2, 0.25) is 0 Å². The molecule has 2 aliphatic rings. The summed E-state index contributed by atoms with van der Waals surface area (Å²) < 4.78 is 37.3. The molecule has 0 radical (unpaired) electrons. The molecule has 0 atom stereocenters. The van der Waals surface area contributed by atoms with Crippen molar-refractivity contribution in [2.24, 2.45) is 0 Å². The van der Waals surface area contributed by atoms with Crippen LogP contribution in [0.4, 0.5) is 10.1 Å². The number of anilines is 1. The minimum absolute atomic E-state index is 0. The Balaban J connectivity index is 0.00000306. The van der Waals surface area contributed by atoms with Crippen LogP contribution in [0.15, 0.2) is 16.9 Å². The van der Waals surface area contributed by atoms with E-state index in [1.165, 1.54) is 25.2 Å². The summed E-state index contributed by atoms with van der Waals surface area (Å²) in [4.78, 5) is 22.0. The van der Waals surface area contributed by atoms with E-state index in [0.29, 0.717) is 40.6 Å². The Kier molecular flexibility index (Phi) is 8.80. The minimum atomic E-state index is -2.94. The van der Waals surface area contributed by atoms with Crippen LogP contribution in [-0.2, 0) is 15.6 Å². The van der Waals surface area contributed by atoms with Crippen molar-refractivity contribution in [1.82, 2.24) is 14.9 Å². The molecular weight excluding hydrogens is 463 g/mol. The molecule has 33 heavy (non-hydrogen) atoms. The first kappa shape index (κ1) is 26.0. The monoisotopic (exact) mass is 498 g/mol. The average molecular weight is 499 g/mol. The number of hydrogen-bond donors (Lipinski definition) is 2. The number of benzene rings is 1. The summed E-state index contributed by atoms with van der Waals surface area (Å²) in [6, 6.07) is 3.52. The number of halogens is 1. The third kappa shape index (κ3) is 7.16. The summed E-state index contributed by atoms with van der Waals surface area (Å²) in [7, 11) is -2.94. The van der Waals surface area contributed by atoms with E-state index in [4.69, 9.17) is 0 Å². The number of hydrogen-bond acceptors (Lipinski definition) is 7. The van der Waals surface area contributed by atoms with Crippen molar-refractivity contribution in [1.29, 1.82) is 0 Å². The van der Waals surface area contributed by atoms with Gasteiger partial charge in [0.25, 0.3) is 5.56 Å². The minimum Gasteiger partial charge on any atom is -0.382 e. The summed E-state index contributed by atoms with van der Waals surface area (Å²) in [5.41, 5.74) is 0.631. The van der Waals surface area contributed by atoms with Crippen LogP contribution in [-0.4, -0.2) is 66.2 Å². The van der Waals surface area contributed by atoms with Gasteiger partial charge in [-0.1, -0.05) is 20.3 Å². The van der Waals surface area contributed by atoms with Gasteiger partial charge < -0.3 is 15.2 Å². The molecule has 0 amide bonds. The molecule has 1 aliphatic heterocycles. The van der Waals surface area contributed by atoms with Crippen molar-refractivity contribution in [3.8, 4) is 0 Å². The highest BCUT2D eigenvalue weighted by atomic mass is 32.2. The smallest absolute Gasteiger partial charge is 0.261 e. The van der Waals surface area contributed by atoms with Crippen LogP contribution in [0, 0.1) is 5.82 Å². The maximum atomic E-state index is 14.6. The number of piperidine rings is 1. The van der Waals surface area contributed by atoms with Crippen molar-refractivity contribution < 1.29 is 12.8 Å². The molecular formula is C23H35FN4O3S2. The van der Waals surface area contributed by atoms with E-state index in [-0.39, 0.29) is 18.6 Å². The van der Waals surface area contributed by atoms with Crippen molar-refractivity contribution in [2.45, 2.75) is 63.0 Å². The molecule has 4 rings (SSSR count). The van der Waals surface area contributed by atoms with Crippen LogP contribution in [0.25, 0.3) is 10.9 Å². The third-order valence-corrected chi connectivity index (χ3v) is 8.61. The van der Waals surface area contributed by atoms with Crippen molar-refractivity contribution in [2.75, 3.05) is 37.0 Å². The van der Waals surface area contributed by atoms with Gasteiger partial charge in [-0.25, -0.2) is 17.8 Å². The van der Waals surface area contributed by atoms with Gasteiger partial charge in [-0.3, -0.25) is 4.79 Å². The van der Waals surface area contributed by atoms with Gasteiger partial charge in [-0.15, -0.1) is 0 Å². The molecule has 2 N–H and O–H groups in total. The van der Waals surface area contributed by atoms with Gasteiger partial charge in [-0.2, -0.15) is 11.8 Å². The summed E-state index contributed by atoms with van der Waals surface area (Å²) in [5, 5.41) is 3.82. The molecule has 2 aromatic rings. The van der Waals surface area contributed by atoms with Crippen LogP contribution in [0.2, 0.25) is 0 Å². The van der Waals surface area contributed by atoms with E-state index in [0.717, 1.165) is 38.8 Å². The Morgan fingerprint density at radius 2 is 1.91 bits per heavy atom. The molecule has 2 fully saturated rings. The number of nitrogens with one attached hydrogen (secondary N) is 2. The number of nitrogens with zero attached hydrogens (tertiary/aromatic N) is 2. The highest BCUT2D eigenvalue weighted by molar-refractivity contribution is 7.99. The Bertz CT molecular complexity index is 1110. The number of thioether (sulfide) groups is 1. The van der Waals surface area contributed by atoms with Crippen molar-refractivity contribution in [3.63, 3.8) is 0 Å². The molecule has 184 valence electrons. The lowest BCUT2D eigenvalue weighted by molar-refractivity contribution is 0.245. The average Bonchev–Trinajstić information content (AvgIpc) is 3.23. The van der Waals surface area contributed by atoms with Gasteiger partial charge in [-0.05, 0) is 50.9 Å². The third-order valence-electron chi connectivity index (χ3n) is 6.30. The zero-order chi connectivity index (χ0) is 22.7. The number of aromatic nitrogens is 2. The fraction of sp³-hybridized carbons (Fsp3) is 0.652. The van der Waals surface area contributed by atoms with Crippen LogP contribution in [0.3, 0.4) is 0 Å². The van der Waals surface area contributed by atoms with Gasteiger partial charge in [0.1, 0.15) is 26.9 Å². The molecule has 1 aromatic heterocycles. The molecule has 1 saturated carbocycles. The highest BCUT2D eigenvalue weighted by Crippen LogP contribution is 2.27. The molecule has 0 spiro atoms. The second-order valence-corrected chi connectivity index (χ2v) is 12.5. The second-order valence-electron chi connectivity index (χ2n) is 8.97. The molecule has 2 heterocycles. The van der Waals surface area contributed by atoms with E-state index in [1.54, 1.807) is 17.8 Å². The van der Waals surface area contributed by atoms with Crippen LogP contribution >= 0.6 is 11.8 Å². The Morgan fingerprint density at radius 3 is 2.58 bits per heavy atom. The normalized spacial score (nSPS) is 18.5. The molecule has 1 saturated heterocycles. The van der Waals surface area contributed by atoms with E-state index in [2.05, 4.69) is 20.2 Å². The van der Waals surface area contributed by atoms with Crippen LogP contribution in [0.5, 0.6) is 0 Å². The first-order valence-electron chi connectivity index (χ1n) is 11.3. The lowest BCUT2D eigenvalue weighted by atomic mass is 10.1. The number of likely N-dealkylation sites (tertiary alicyclic amines) is 1. The standard InChI is InChI=1S/C22H31FN4O3S2.CH4/c1-32(29,30)11-10-27-8-6-17(7-9-27)31-14-20-25-19-13-16(24-15-4-2-3-5-15)12-18(23)21(19)22(28)26-20;/h12-13,15,17,24H,2-11,14H2,1H3,(H,25,26,28);1H4. The topological polar surface area (TPSA) is 95.2 Å². The quantitative estimate of drug-likeness (QED) is 0.572. The predicted molar refractivity (Wildman–Crippen MR) is 135 cm³/mol. The molecule has 0 bridgehead atoms. The fourth-order valence-corrected chi connectivity index (χ4v) is 6.19.